The van der Waals surface area contributed by atoms with Gasteiger partial charge in [0.1, 0.15) is 5.60 Å². The fourth-order valence-electron chi connectivity index (χ4n) is 2.35. The van der Waals surface area contributed by atoms with E-state index in [1.807, 2.05) is 0 Å². The zero-order valence-electron chi connectivity index (χ0n) is 14.1. The second-order valence-electron chi connectivity index (χ2n) is 6.46. The predicted molar refractivity (Wildman–Crippen MR) is 80.4 cm³/mol. The van der Waals surface area contributed by atoms with Gasteiger partial charge in [-0.15, -0.1) is 0 Å². The van der Waals surface area contributed by atoms with Crippen LogP contribution in [0.2, 0.25) is 0 Å². The lowest BCUT2D eigenvalue weighted by Gasteiger charge is -2.37. The maximum atomic E-state index is 13.2. The summed E-state index contributed by atoms with van der Waals surface area (Å²) < 4.78 is 84.4. The third-order valence-corrected chi connectivity index (χ3v) is 3.52. The van der Waals surface area contributed by atoms with Crippen LogP contribution >= 0.6 is 0 Å². The number of amides is 1. The van der Waals surface area contributed by atoms with E-state index < -0.39 is 41.4 Å². The summed E-state index contributed by atoms with van der Waals surface area (Å²) in [4.78, 5) is 11.6. The van der Waals surface area contributed by atoms with Crippen molar-refractivity contribution in [2.24, 2.45) is 0 Å². The Morgan fingerprint density at radius 1 is 0.960 bits per heavy atom. The molecule has 1 rings (SSSR count). The summed E-state index contributed by atoms with van der Waals surface area (Å²) >= 11 is 0. The van der Waals surface area contributed by atoms with Gasteiger partial charge in [-0.25, -0.2) is 4.79 Å². The Bertz CT molecular complexity index is 585. The van der Waals surface area contributed by atoms with Gasteiger partial charge in [-0.3, -0.25) is 5.32 Å². The first kappa shape index (κ1) is 21.1. The molecule has 0 spiro atoms. The van der Waals surface area contributed by atoms with Crippen molar-refractivity contribution in [1.82, 2.24) is 0 Å². The largest absolute Gasteiger partial charge is 0.444 e. The molecule has 9 heteroatoms. The number of ether oxygens (including phenoxy) is 1. The molecule has 142 valence electrons. The van der Waals surface area contributed by atoms with E-state index in [1.165, 1.54) is 0 Å². The number of benzene rings is 1. The number of hydrogen-bond donors (Lipinski definition) is 1. The smallest absolute Gasteiger partial charge is 0.412 e. The van der Waals surface area contributed by atoms with Crippen molar-refractivity contribution in [3.63, 3.8) is 0 Å². The van der Waals surface area contributed by atoms with Gasteiger partial charge in [0, 0.05) is 5.69 Å². The van der Waals surface area contributed by atoms with Crippen molar-refractivity contribution in [3.8, 4) is 0 Å². The highest BCUT2D eigenvalue weighted by atomic mass is 19.4. The summed E-state index contributed by atoms with van der Waals surface area (Å²) in [5.74, 6) is 0. The molecule has 1 aromatic carbocycles. The van der Waals surface area contributed by atoms with Crippen LogP contribution in [-0.2, 0) is 10.2 Å². The molecule has 0 aromatic heterocycles. The van der Waals surface area contributed by atoms with Gasteiger partial charge in [0.25, 0.3) is 0 Å². The number of halogens is 6. The summed E-state index contributed by atoms with van der Waals surface area (Å²) in [6.07, 6.45) is -13.1. The minimum atomic E-state index is -5.51. The van der Waals surface area contributed by atoms with E-state index in [4.69, 9.17) is 4.74 Å². The van der Waals surface area contributed by atoms with E-state index in [0.29, 0.717) is 12.1 Å². The van der Waals surface area contributed by atoms with Crippen LogP contribution < -0.4 is 5.32 Å². The molecule has 0 saturated carbocycles. The van der Waals surface area contributed by atoms with E-state index in [1.54, 1.807) is 20.8 Å². The first-order valence-corrected chi connectivity index (χ1v) is 7.38. The first-order chi connectivity index (χ1) is 11.1. The quantitative estimate of drug-likeness (QED) is 0.682. The van der Waals surface area contributed by atoms with E-state index in [2.05, 4.69) is 5.32 Å². The molecule has 0 saturated heterocycles. The van der Waals surface area contributed by atoms with Crippen molar-refractivity contribution in [2.45, 2.75) is 57.5 Å². The number of alkyl halides is 6. The van der Waals surface area contributed by atoms with E-state index >= 15 is 0 Å². The molecule has 0 unspecified atom stereocenters. The minimum absolute atomic E-state index is 0.0207. The topological polar surface area (TPSA) is 38.3 Å². The van der Waals surface area contributed by atoms with Crippen molar-refractivity contribution >= 4 is 11.8 Å². The van der Waals surface area contributed by atoms with Gasteiger partial charge in [-0.1, -0.05) is 19.1 Å². The van der Waals surface area contributed by atoms with Crippen LogP contribution in [0.1, 0.15) is 39.7 Å². The van der Waals surface area contributed by atoms with Crippen molar-refractivity contribution in [2.75, 3.05) is 5.32 Å². The average Bonchev–Trinajstić information content (AvgIpc) is 2.36. The molecule has 0 bridgehead atoms. The molecular formula is C16H19F6NO2. The molecule has 1 N–H and O–H groups in total. The molecule has 1 amide bonds. The standard InChI is InChI=1S/C16H19F6NO2/c1-5-14(15(17,18)19,16(20,21)22)10-6-8-11(9-7-10)23-12(24)25-13(2,3)4/h6-9H,5H2,1-4H3,(H,23,24). The monoisotopic (exact) mass is 371 g/mol. The van der Waals surface area contributed by atoms with Crippen LogP contribution in [-0.4, -0.2) is 24.0 Å². The van der Waals surface area contributed by atoms with Gasteiger partial charge in [-0.2, -0.15) is 26.3 Å². The molecular weight excluding hydrogens is 352 g/mol. The molecule has 0 aliphatic rings. The van der Waals surface area contributed by atoms with Crippen LogP contribution in [0.5, 0.6) is 0 Å². The Morgan fingerprint density at radius 2 is 1.40 bits per heavy atom. The molecule has 3 nitrogen and oxygen atoms in total. The molecule has 0 aliphatic heterocycles. The molecule has 25 heavy (non-hydrogen) atoms. The fourth-order valence-corrected chi connectivity index (χ4v) is 2.35. The Kier molecular flexibility index (Phi) is 5.71. The highest BCUT2D eigenvalue weighted by Gasteiger charge is 2.70. The van der Waals surface area contributed by atoms with Crippen molar-refractivity contribution in [3.05, 3.63) is 29.8 Å². The summed E-state index contributed by atoms with van der Waals surface area (Å²) in [6.45, 7) is 5.65. The summed E-state index contributed by atoms with van der Waals surface area (Å²) in [5.41, 5.74) is -5.68. The van der Waals surface area contributed by atoms with Gasteiger partial charge in [0.2, 0.25) is 0 Å². The number of carbonyl (C=O) groups excluding carboxylic acids is 1. The molecule has 0 aliphatic carbocycles. The summed E-state index contributed by atoms with van der Waals surface area (Å²) in [7, 11) is 0. The molecule has 0 heterocycles. The van der Waals surface area contributed by atoms with Crippen LogP contribution in [0.25, 0.3) is 0 Å². The van der Waals surface area contributed by atoms with Gasteiger partial charge in [0.05, 0.1) is 0 Å². The lowest BCUT2D eigenvalue weighted by Crippen LogP contribution is -2.53. The van der Waals surface area contributed by atoms with E-state index in [-0.39, 0.29) is 5.69 Å². The van der Waals surface area contributed by atoms with Gasteiger partial charge in [-0.05, 0) is 44.9 Å². The number of hydrogen-bond acceptors (Lipinski definition) is 2. The predicted octanol–water partition coefficient (Wildman–Crippen LogP) is 5.81. The Hall–Kier alpha value is -1.93. The normalized spacial score (nSPS) is 13.5. The zero-order chi connectivity index (χ0) is 19.7. The second kappa shape index (κ2) is 6.76. The van der Waals surface area contributed by atoms with E-state index in [0.717, 1.165) is 19.1 Å². The second-order valence-corrected chi connectivity index (χ2v) is 6.46. The molecule has 1 aromatic rings. The van der Waals surface area contributed by atoms with Crippen molar-refractivity contribution in [1.29, 1.82) is 0 Å². The van der Waals surface area contributed by atoms with Crippen LogP contribution in [0, 0.1) is 0 Å². The maximum Gasteiger partial charge on any atom is 0.412 e. The average molecular weight is 371 g/mol. The van der Waals surface area contributed by atoms with Gasteiger partial charge in [0.15, 0.2) is 5.41 Å². The first-order valence-electron chi connectivity index (χ1n) is 7.38. The number of anilines is 1. The van der Waals surface area contributed by atoms with Crippen LogP contribution in [0.15, 0.2) is 24.3 Å². The van der Waals surface area contributed by atoms with Crippen molar-refractivity contribution < 1.29 is 35.9 Å². The third kappa shape index (κ3) is 4.58. The minimum Gasteiger partial charge on any atom is -0.444 e. The molecule has 0 fully saturated rings. The molecule has 0 atom stereocenters. The molecule has 0 radical (unpaired) electrons. The highest BCUT2D eigenvalue weighted by molar-refractivity contribution is 5.84. The van der Waals surface area contributed by atoms with E-state index in [9.17, 15) is 31.1 Å². The SMILES string of the molecule is CCC(c1ccc(NC(=O)OC(C)(C)C)cc1)(C(F)(F)F)C(F)(F)F. The maximum absolute atomic E-state index is 13.2. The Morgan fingerprint density at radius 3 is 1.72 bits per heavy atom. The Labute approximate surface area is 141 Å². The Balaban J connectivity index is 3.17. The number of rotatable bonds is 3. The van der Waals surface area contributed by atoms with Gasteiger partial charge < -0.3 is 4.74 Å². The lowest BCUT2D eigenvalue weighted by atomic mass is 9.76. The fraction of sp³-hybridized carbons (Fsp3) is 0.562. The van der Waals surface area contributed by atoms with Gasteiger partial charge >= 0.3 is 18.4 Å². The van der Waals surface area contributed by atoms with Crippen LogP contribution in [0.4, 0.5) is 36.8 Å². The summed E-state index contributed by atoms with van der Waals surface area (Å²) in [6, 6.07) is 3.36. The highest BCUT2D eigenvalue weighted by Crippen LogP contribution is 2.54. The number of nitrogens with one attached hydrogen (secondary N) is 1. The third-order valence-electron chi connectivity index (χ3n) is 3.52. The number of carbonyl (C=O) groups is 1. The van der Waals surface area contributed by atoms with Crippen LogP contribution in [0.3, 0.4) is 0 Å². The lowest BCUT2D eigenvalue weighted by molar-refractivity contribution is -0.304. The zero-order valence-corrected chi connectivity index (χ0v) is 14.1. The summed E-state index contributed by atoms with van der Waals surface area (Å²) in [5, 5.41) is 2.25.